The first-order valence-corrected chi connectivity index (χ1v) is 36.1. The normalized spacial score (nSPS) is 11.7. The second-order valence-electron chi connectivity index (χ2n) is 27.6. The fourth-order valence-electron chi connectivity index (χ4n) is 17.2. The van der Waals surface area contributed by atoms with Crippen molar-refractivity contribution in [3.63, 3.8) is 0 Å². The number of fused-ring (bicyclic) bond motifs is 4. The second-order valence-corrected chi connectivity index (χ2v) is 27.6. The van der Waals surface area contributed by atoms with Crippen LogP contribution in [0.5, 0.6) is 0 Å². The Kier molecular flexibility index (Phi) is 14.7. The van der Waals surface area contributed by atoms with E-state index in [4.69, 9.17) is 0 Å². The summed E-state index contributed by atoms with van der Waals surface area (Å²) >= 11 is 0. The summed E-state index contributed by atoms with van der Waals surface area (Å²) < 4.78 is 0. The monoisotopic (exact) mass is 1310 g/mol. The van der Waals surface area contributed by atoms with Crippen LogP contribution in [-0.2, 0) is 0 Å². The van der Waals surface area contributed by atoms with Gasteiger partial charge in [-0.05, 0) is 232 Å². The Balaban J connectivity index is 0.000000139. The van der Waals surface area contributed by atoms with E-state index in [2.05, 4.69) is 400 Å². The van der Waals surface area contributed by atoms with Gasteiger partial charge in [0.1, 0.15) is 0 Å². The highest BCUT2D eigenvalue weighted by molar-refractivity contribution is 6.33. The molecule has 0 atom stereocenters. The maximum Gasteiger partial charge on any atom is -0.00141 e. The van der Waals surface area contributed by atoms with Gasteiger partial charge in [0.15, 0.2) is 0 Å². The molecule has 0 bridgehead atoms. The Morgan fingerprint density at radius 3 is 0.837 bits per heavy atom. The van der Waals surface area contributed by atoms with Gasteiger partial charge in [-0.25, -0.2) is 0 Å². The van der Waals surface area contributed by atoms with E-state index in [1.807, 2.05) is 0 Å². The lowest BCUT2D eigenvalue weighted by molar-refractivity contribution is 1.59. The molecule has 21 aromatic rings. The smallest absolute Gasteiger partial charge is 0.00141 e. The number of hydrogen-bond acceptors (Lipinski definition) is 0. The Labute approximate surface area is 604 Å². The maximum atomic E-state index is 2.48. The fourth-order valence-corrected chi connectivity index (χ4v) is 17.2. The highest BCUT2D eigenvalue weighted by Gasteiger charge is 2.25. The van der Waals surface area contributed by atoms with Crippen molar-refractivity contribution in [1.82, 2.24) is 0 Å². The number of benzene rings is 21. The second kappa shape index (κ2) is 25.3. The highest BCUT2D eigenvalue weighted by Crippen LogP contribution is 2.52. The van der Waals surface area contributed by atoms with E-state index in [0.717, 1.165) is 0 Å². The van der Waals surface area contributed by atoms with Crippen LogP contribution in [0, 0.1) is 0 Å². The van der Waals surface area contributed by atoms with E-state index < -0.39 is 0 Å². The Morgan fingerprint density at radius 1 is 0.0962 bits per heavy atom. The molecule has 104 heavy (non-hydrogen) atoms. The van der Waals surface area contributed by atoms with Gasteiger partial charge in [0, 0.05) is 0 Å². The molecule has 0 radical (unpaired) electrons. The van der Waals surface area contributed by atoms with Crippen LogP contribution in [0.25, 0.3) is 208 Å². The Bertz CT molecular complexity index is 6870. The van der Waals surface area contributed by atoms with Crippen molar-refractivity contribution in [3.8, 4) is 111 Å². The average molecular weight is 1320 g/mol. The molecule has 0 aliphatic rings. The molecule has 0 N–H and O–H groups in total. The molecule has 21 rings (SSSR count). The van der Waals surface area contributed by atoms with Crippen LogP contribution in [0.1, 0.15) is 0 Å². The minimum Gasteiger partial charge on any atom is -0.0622 e. The first-order valence-electron chi connectivity index (χ1n) is 36.1. The van der Waals surface area contributed by atoms with Crippen LogP contribution in [0.2, 0.25) is 0 Å². The third-order valence-electron chi connectivity index (χ3n) is 21.9. The summed E-state index contributed by atoms with van der Waals surface area (Å²) in [5.74, 6) is 0. The molecular formula is C104H66. The van der Waals surface area contributed by atoms with Gasteiger partial charge in [0.05, 0.1) is 0 Å². The average Bonchev–Trinajstić information content (AvgIpc) is 0.714. The SMILES string of the molecule is c1ccc(-c2ccccc2-c2ccc3ccc4c(-c5ccccc5-c5ccccc5)cc(-c5cc6ccccc6c6ccccc56)c5ccc2c3c45)cc1.c1ccc(-c2ccccc2-c2ccc3ccc4c(-c5ccccc5-c5ccccc5)cc(-c5ccc6ccccc6c5)c5ccc2c3c54)cc1. The lowest BCUT2D eigenvalue weighted by Gasteiger charge is -2.22. The zero-order valence-electron chi connectivity index (χ0n) is 57.1. The van der Waals surface area contributed by atoms with Crippen molar-refractivity contribution in [1.29, 1.82) is 0 Å². The van der Waals surface area contributed by atoms with Crippen molar-refractivity contribution in [2.45, 2.75) is 0 Å². The molecule has 0 saturated heterocycles. The van der Waals surface area contributed by atoms with Crippen molar-refractivity contribution in [2.75, 3.05) is 0 Å². The van der Waals surface area contributed by atoms with E-state index in [1.54, 1.807) is 0 Å². The van der Waals surface area contributed by atoms with Crippen molar-refractivity contribution in [2.24, 2.45) is 0 Å². The molecule has 0 spiro atoms. The standard InChI is InChI=1S/C54H34.C50H32/c1-3-15-35(16-4-1)39-20-9-11-23-42(39)46-29-27-37-28-30-48-51(44-25-12-10-21-40(44)36-17-5-2-6-18-36)34-52(49-32-31-47(46)53(37)54(48)49)50-33-38-19-7-8-22-41(38)43-24-13-14-26-45(43)50;1-3-14-34(15-4-1)39-19-9-11-21-41(39)43-27-25-36-26-28-46-48(42-22-12-10-20-40(42)35-16-5-2-6-17-35)32-47(45-30-29-44(43)49(36)50(45)46)38-24-23-33-13-7-8-18-37(33)31-38/h1-34H;1-32H. The van der Waals surface area contributed by atoms with E-state index in [0.29, 0.717) is 0 Å². The van der Waals surface area contributed by atoms with Gasteiger partial charge in [0.2, 0.25) is 0 Å². The summed E-state index contributed by atoms with van der Waals surface area (Å²) in [6.07, 6.45) is 0. The molecule has 0 heterocycles. The van der Waals surface area contributed by atoms with E-state index >= 15 is 0 Å². The molecule has 0 aliphatic carbocycles. The predicted molar refractivity (Wildman–Crippen MR) is 447 cm³/mol. The third kappa shape index (κ3) is 10.1. The van der Waals surface area contributed by atoms with Crippen LogP contribution < -0.4 is 0 Å². The van der Waals surface area contributed by atoms with Crippen molar-refractivity contribution in [3.05, 3.63) is 400 Å². The molecular weight excluding hydrogens is 1250 g/mol. The Morgan fingerprint density at radius 2 is 0.385 bits per heavy atom. The lowest BCUT2D eigenvalue weighted by Crippen LogP contribution is -1.94. The van der Waals surface area contributed by atoms with Crippen molar-refractivity contribution < 1.29 is 0 Å². The summed E-state index contributed by atoms with van der Waals surface area (Å²) in [7, 11) is 0. The molecule has 0 heteroatoms. The minimum atomic E-state index is 1.22. The van der Waals surface area contributed by atoms with Gasteiger partial charge in [-0.3, -0.25) is 0 Å². The molecule has 0 amide bonds. The molecule has 0 fully saturated rings. The number of rotatable bonds is 10. The fraction of sp³-hybridized carbons (Fsp3) is 0. The van der Waals surface area contributed by atoms with Crippen LogP contribution in [-0.4, -0.2) is 0 Å². The van der Waals surface area contributed by atoms with Gasteiger partial charge >= 0.3 is 0 Å². The summed E-state index contributed by atoms with van der Waals surface area (Å²) in [6, 6.07) is 147. The van der Waals surface area contributed by atoms with Gasteiger partial charge in [-0.2, -0.15) is 0 Å². The van der Waals surface area contributed by atoms with Gasteiger partial charge in [-0.1, -0.05) is 376 Å². The first-order chi connectivity index (χ1) is 51.6. The zero-order chi connectivity index (χ0) is 68.6. The summed E-state index contributed by atoms with van der Waals surface area (Å²) in [5, 5.41) is 23.0. The topological polar surface area (TPSA) is 0 Å². The van der Waals surface area contributed by atoms with Crippen molar-refractivity contribution >= 4 is 97.0 Å². The van der Waals surface area contributed by atoms with Gasteiger partial charge in [-0.15, -0.1) is 0 Å². The molecule has 21 aromatic carbocycles. The highest BCUT2D eigenvalue weighted by atomic mass is 14.3. The van der Waals surface area contributed by atoms with Gasteiger partial charge < -0.3 is 0 Å². The van der Waals surface area contributed by atoms with Crippen LogP contribution in [0.15, 0.2) is 400 Å². The quantitative estimate of drug-likeness (QED) is 0.120. The predicted octanol–water partition coefficient (Wildman–Crippen LogP) is 29.3. The first kappa shape index (κ1) is 60.4. The largest absolute Gasteiger partial charge is 0.0622 e. The van der Waals surface area contributed by atoms with Crippen LogP contribution in [0.4, 0.5) is 0 Å². The lowest BCUT2D eigenvalue weighted by atomic mass is 9.81. The Hall–Kier alpha value is -13.5. The number of hydrogen-bond donors (Lipinski definition) is 0. The molecule has 482 valence electrons. The molecule has 0 aromatic heterocycles. The zero-order valence-corrected chi connectivity index (χ0v) is 57.1. The van der Waals surface area contributed by atoms with Crippen LogP contribution in [0.3, 0.4) is 0 Å². The van der Waals surface area contributed by atoms with E-state index in [1.165, 1.54) is 208 Å². The molecule has 0 unspecified atom stereocenters. The van der Waals surface area contributed by atoms with Gasteiger partial charge in [0.25, 0.3) is 0 Å². The summed E-state index contributed by atoms with van der Waals surface area (Å²) in [6.45, 7) is 0. The summed E-state index contributed by atoms with van der Waals surface area (Å²) in [4.78, 5) is 0. The van der Waals surface area contributed by atoms with Crippen LogP contribution >= 0.6 is 0 Å². The molecule has 0 aliphatic heterocycles. The summed E-state index contributed by atoms with van der Waals surface area (Å²) in [5.41, 5.74) is 24.9. The van der Waals surface area contributed by atoms with E-state index in [-0.39, 0.29) is 0 Å². The third-order valence-corrected chi connectivity index (χ3v) is 21.9. The minimum absolute atomic E-state index is 1.22. The molecule has 0 nitrogen and oxygen atoms in total. The van der Waals surface area contributed by atoms with E-state index in [9.17, 15) is 0 Å². The maximum absolute atomic E-state index is 2.48. The molecule has 0 saturated carbocycles.